The van der Waals surface area contributed by atoms with Gasteiger partial charge in [-0.3, -0.25) is 9.59 Å². The van der Waals surface area contributed by atoms with E-state index in [1.165, 1.54) is 4.90 Å². The molecule has 1 aromatic carbocycles. The predicted octanol–water partition coefficient (Wildman–Crippen LogP) is 1.92. The van der Waals surface area contributed by atoms with Crippen molar-refractivity contribution in [3.8, 4) is 0 Å². The zero-order valence-corrected chi connectivity index (χ0v) is 14.5. The van der Waals surface area contributed by atoms with Crippen LogP contribution in [0.2, 0.25) is 10.0 Å². The third-order valence-corrected chi connectivity index (χ3v) is 4.00. The normalized spacial score (nSPS) is 14.2. The molecule has 1 N–H and O–H groups in total. The van der Waals surface area contributed by atoms with Crippen LogP contribution in [0.3, 0.4) is 0 Å². The Kier molecular flexibility index (Phi) is 7.42. The monoisotopic (exact) mass is 365 g/mol. The fourth-order valence-corrected chi connectivity index (χ4v) is 2.74. The Morgan fingerprint density at radius 3 is 2.32 bits per heavy atom. The number of hydrogen-bond acceptors (Lipinski definition) is 3. The van der Waals surface area contributed by atoms with Crippen molar-refractivity contribution in [3.63, 3.8) is 0 Å². The highest BCUT2D eigenvalue weighted by atomic mass is 35.5. The average Bonchev–Trinajstić information content (AvgIpc) is 2.47. The topological polar surface area (TPSA) is 52.7 Å². The van der Waals surface area contributed by atoms with Crippen molar-refractivity contribution < 1.29 is 9.59 Å². The number of halogens is 3. The lowest BCUT2D eigenvalue weighted by Gasteiger charge is -2.29. The molecule has 1 aliphatic rings. The number of carbonyl (C=O) groups is 2. The van der Waals surface area contributed by atoms with Crippen LogP contribution in [0.1, 0.15) is 10.4 Å². The standard InChI is InChI=1S/C14H17Cl2N3O2.ClH/c1-18(9-12(20)19-7-5-17-6-8-19)14(21)13-10(15)3-2-4-11(13)16;/h2-4,17H,5-9H2,1H3;1H. The predicted molar refractivity (Wildman–Crippen MR) is 90.1 cm³/mol. The van der Waals surface area contributed by atoms with E-state index in [-0.39, 0.29) is 46.4 Å². The van der Waals surface area contributed by atoms with Gasteiger partial charge in [-0.2, -0.15) is 0 Å². The maximum Gasteiger partial charge on any atom is 0.257 e. The first-order valence-electron chi connectivity index (χ1n) is 6.68. The van der Waals surface area contributed by atoms with Gasteiger partial charge in [0.15, 0.2) is 0 Å². The van der Waals surface area contributed by atoms with Gasteiger partial charge in [0.2, 0.25) is 5.91 Å². The highest BCUT2D eigenvalue weighted by Gasteiger charge is 2.23. The number of hydrogen-bond donors (Lipinski definition) is 1. The Bertz CT molecular complexity index is 528. The maximum absolute atomic E-state index is 12.4. The number of amides is 2. The first kappa shape index (κ1) is 19.0. The lowest BCUT2D eigenvalue weighted by molar-refractivity contribution is -0.132. The first-order valence-corrected chi connectivity index (χ1v) is 7.44. The van der Waals surface area contributed by atoms with Crippen LogP contribution in [0.25, 0.3) is 0 Å². The highest BCUT2D eigenvalue weighted by Crippen LogP contribution is 2.25. The van der Waals surface area contributed by atoms with Crippen LogP contribution in [0, 0.1) is 0 Å². The molecule has 0 atom stereocenters. The Labute approximate surface area is 145 Å². The van der Waals surface area contributed by atoms with Gasteiger partial charge in [0, 0.05) is 33.2 Å². The molecule has 0 bridgehead atoms. The molecule has 1 aliphatic heterocycles. The summed E-state index contributed by atoms with van der Waals surface area (Å²) in [7, 11) is 1.57. The van der Waals surface area contributed by atoms with E-state index in [4.69, 9.17) is 23.2 Å². The van der Waals surface area contributed by atoms with Crippen molar-refractivity contribution >= 4 is 47.4 Å². The number of piperazine rings is 1. The molecule has 0 radical (unpaired) electrons. The molecule has 0 aliphatic carbocycles. The Balaban J connectivity index is 0.00000242. The van der Waals surface area contributed by atoms with Crippen LogP contribution in [0.5, 0.6) is 0 Å². The molecular weight excluding hydrogens is 349 g/mol. The number of benzene rings is 1. The molecular formula is C14H18Cl3N3O2. The summed E-state index contributed by atoms with van der Waals surface area (Å²) in [6.07, 6.45) is 0. The van der Waals surface area contributed by atoms with Crippen LogP contribution < -0.4 is 5.32 Å². The molecule has 2 amide bonds. The zero-order chi connectivity index (χ0) is 15.4. The van der Waals surface area contributed by atoms with Gasteiger partial charge < -0.3 is 15.1 Å². The Morgan fingerprint density at radius 2 is 1.77 bits per heavy atom. The molecule has 0 spiro atoms. The van der Waals surface area contributed by atoms with Gasteiger partial charge in [0.1, 0.15) is 0 Å². The van der Waals surface area contributed by atoms with Gasteiger partial charge in [-0.15, -0.1) is 12.4 Å². The number of rotatable bonds is 3. The van der Waals surface area contributed by atoms with Crippen molar-refractivity contribution in [2.45, 2.75) is 0 Å². The number of nitrogens with one attached hydrogen (secondary N) is 1. The summed E-state index contributed by atoms with van der Waals surface area (Å²) in [5, 5.41) is 3.75. The minimum Gasteiger partial charge on any atom is -0.339 e. The molecule has 5 nitrogen and oxygen atoms in total. The fraction of sp³-hybridized carbons (Fsp3) is 0.429. The lowest BCUT2D eigenvalue weighted by Crippen LogP contribution is -2.49. The minimum atomic E-state index is -0.353. The largest absolute Gasteiger partial charge is 0.339 e. The van der Waals surface area contributed by atoms with E-state index in [1.54, 1.807) is 30.1 Å². The summed E-state index contributed by atoms with van der Waals surface area (Å²) in [5.74, 6) is -0.426. The van der Waals surface area contributed by atoms with Crippen molar-refractivity contribution in [2.24, 2.45) is 0 Å². The van der Waals surface area contributed by atoms with Crippen molar-refractivity contribution in [1.82, 2.24) is 15.1 Å². The zero-order valence-electron chi connectivity index (χ0n) is 12.1. The van der Waals surface area contributed by atoms with E-state index >= 15 is 0 Å². The van der Waals surface area contributed by atoms with Crippen LogP contribution in [-0.2, 0) is 4.79 Å². The number of nitrogens with zero attached hydrogens (tertiary/aromatic N) is 2. The van der Waals surface area contributed by atoms with Crippen LogP contribution in [0.4, 0.5) is 0 Å². The second-order valence-electron chi connectivity index (χ2n) is 4.89. The molecule has 122 valence electrons. The fourth-order valence-electron chi connectivity index (χ4n) is 2.18. The molecule has 1 aromatic rings. The van der Waals surface area contributed by atoms with Gasteiger partial charge in [-0.25, -0.2) is 0 Å². The van der Waals surface area contributed by atoms with E-state index in [9.17, 15) is 9.59 Å². The molecule has 1 heterocycles. The average molecular weight is 367 g/mol. The first-order chi connectivity index (χ1) is 10.0. The second kappa shape index (κ2) is 8.58. The third kappa shape index (κ3) is 4.49. The second-order valence-corrected chi connectivity index (χ2v) is 5.70. The summed E-state index contributed by atoms with van der Waals surface area (Å²) in [5.41, 5.74) is 0.233. The van der Waals surface area contributed by atoms with E-state index in [1.807, 2.05) is 0 Å². The molecule has 8 heteroatoms. The van der Waals surface area contributed by atoms with E-state index in [2.05, 4.69) is 5.32 Å². The van der Waals surface area contributed by atoms with Crippen molar-refractivity contribution in [1.29, 1.82) is 0 Å². The van der Waals surface area contributed by atoms with Crippen LogP contribution in [0.15, 0.2) is 18.2 Å². The van der Waals surface area contributed by atoms with Crippen LogP contribution in [-0.4, -0.2) is 61.4 Å². The van der Waals surface area contributed by atoms with Crippen LogP contribution >= 0.6 is 35.6 Å². The van der Waals surface area contributed by atoms with Crippen molar-refractivity contribution in [3.05, 3.63) is 33.8 Å². The molecule has 0 unspecified atom stereocenters. The molecule has 2 rings (SSSR count). The van der Waals surface area contributed by atoms with E-state index in [0.29, 0.717) is 13.1 Å². The third-order valence-electron chi connectivity index (χ3n) is 3.37. The van der Waals surface area contributed by atoms with Gasteiger partial charge >= 0.3 is 0 Å². The lowest BCUT2D eigenvalue weighted by atomic mass is 10.2. The quantitative estimate of drug-likeness (QED) is 0.889. The molecule has 1 saturated heterocycles. The van der Waals surface area contributed by atoms with Gasteiger partial charge in [-0.05, 0) is 12.1 Å². The number of carbonyl (C=O) groups excluding carboxylic acids is 2. The summed E-state index contributed by atoms with van der Waals surface area (Å²) in [6, 6.07) is 4.88. The minimum absolute atomic E-state index is 0. The Hall–Kier alpha value is -1.01. The number of likely N-dealkylation sites (N-methyl/N-ethyl adjacent to an activating group) is 1. The van der Waals surface area contributed by atoms with Crippen molar-refractivity contribution in [2.75, 3.05) is 39.8 Å². The summed E-state index contributed by atoms with van der Waals surface area (Å²) in [6.45, 7) is 2.89. The highest BCUT2D eigenvalue weighted by molar-refractivity contribution is 6.39. The van der Waals surface area contributed by atoms with Gasteiger partial charge in [0.05, 0.1) is 22.2 Å². The smallest absolute Gasteiger partial charge is 0.257 e. The Morgan fingerprint density at radius 1 is 1.23 bits per heavy atom. The van der Waals surface area contributed by atoms with E-state index < -0.39 is 0 Å². The van der Waals surface area contributed by atoms with Gasteiger partial charge in [-0.1, -0.05) is 29.3 Å². The maximum atomic E-state index is 12.4. The summed E-state index contributed by atoms with van der Waals surface area (Å²) >= 11 is 12.0. The molecule has 1 fully saturated rings. The van der Waals surface area contributed by atoms with E-state index in [0.717, 1.165) is 13.1 Å². The van der Waals surface area contributed by atoms with Gasteiger partial charge in [0.25, 0.3) is 5.91 Å². The SMILES string of the molecule is CN(CC(=O)N1CCNCC1)C(=O)c1c(Cl)cccc1Cl.Cl. The molecule has 22 heavy (non-hydrogen) atoms. The molecule has 0 saturated carbocycles. The molecule has 0 aromatic heterocycles. The summed E-state index contributed by atoms with van der Waals surface area (Å²) in [4.78, 5) is 27.6. The summed E-state index contributed by atoms with van der Waals surface area (Å²) < 4.78 is 0.